The van der Waals surface area contributed by atoms with Crippen molar-refractivity contribution in [2.75, 3.05) is 26.7 Å². The van der Waals surface area contributed by atoms with Gasteiger partial charge in [-0.3, -0.25) is 4.99 Å². The van der Waals surface area contributed by atoms with Gasteiger partial charge in [-0.15, -0.1) is 35.3 Å². The summed E-state index contributed by atoms with van der Waals surface area (Å²) in [5.74, 6) is 1.03. The van der Waals surface area contributed by atoms with Crippen molar-refractivity contribution in [1.29, 1.82) is 0 Å². The molecule has 1 aliphatic rings. The Labute approximate surface area is 186 Å². The molecule has 1 saturated heterocycles. The molecule has 0 aliphatic carbocycles. The summed E-state index contributed by atoms with van der Waals surface area (Å²) in [6.45, 7) is 8.58. The standard InChI is InChI=1S/C18H29F3N4OS.HI/c1-17(2,3)15-12(6-5-9-26-15)10-24-16(22-4)23-8-7-14-25-13(11-27-14)18(19,20)21;/h11-12,15H,5-10H2,1-4H3,(H2,22,23,24);1H. The largest absolute Gasteiger partial charge is 0.434 e. The molecule has 2 unspecified atom stereocenters. The quantitative estimate of drug-likeness (QED) is 0.336. The predicted octanol–water partition coefficient (Wildman–Crippen LogP) is 4.33. The third-order valence-corrected chi connectivity index (χ3v) is 5.44. The molecule has 0 amide bonds. The molecule has 0 saturated carbocycles. The van der Waals surface area contributed by atoms with Crippen molar-refractivity contribution in [3.63, 3.8) is 0 Å². The van der Waals surface area contributed by atoms with Gasteiger partial charge in [-0.05, 0) is 18.3 Å². The van der Waals surface area contributed by atoms with Crippen molar-refractivity contribution in [2.24, 2.45) is 16.3 Å². The molecular weight excluding hydrogens is 504 g/mol. The minimum Gasteiger partial charge on any atom is -0.377 e. The minimum atomic E-state index is -4.38. The van der Waals surface area contributed by atoms with Gasteiger partial charge in [-0.25, -0.2) is 4.98 Å². The zero-order chi connectivity index (χ0) is 20.1. The maximum absolute atomic E-state index is 12.6. The van der Waals surface area contributed by atoms with Crippen LogP contribution in [0.5, 0.6) is 0 Å². The molecule has 1 fully saturated rings. The van der Waals surface area contributed by atoms with Crippen LogP contribution in [0.3, 0.4) is 0 Å². The van der Waals surface area contributed by atoms with E-state index in [1.165, 1.54) is 0 Å². The molecule has 2 atom stereocenters. The van der Waals surface area contributed by atoms with Crippen LogP contribution in [0.25, 0.3) is 0 Å². The van der Waals surface area contributed by atoms with Crippen molar-refractivity contribution in [3.8, 4) is 0 Å². The smallest absolute Gasteiger partial charge is 0.377 e. The molecule has 1 aliphatic heterocycles. The number of nitrogens with one attached hydrogen (secondary N) is 2. The second-order valence-corrected chi connectivity index (χ2v) is 8.76. The molecular formula is C18H30F3IN4OS. The SMILES string of the molecule is CN=C(NCCc1nc(C(F)(F)F)cs1)NCC1CCCOC1C(C)(C)C.I. The van der Waals surface area contributed by atoms with Gasteiger partial charge in [0.05, 0.1) is 11.1 Å². The average molecular weight is 534 g/mol. The molecule has 2 N–H and O–H groups in total. The summed E-state index contributed by atoms with van der Waals surface area (Å²) in [6.07, 6.45) is -1.63. The summed E-state index contributed by atoms with van der Waals surface area (Å²) in [5, 5.41) is 7.97. The monoisotopic (exact) mass is 534 g/mol. The van der Waals surface area contributed by atoms with Gasteiger partial charge in [0, 0.05) is 44.5 Å². The Hall–Kier alpha value is -0.620. The second kappa shape index (κ2) is 11.0. The Kier molecular flexibility index (Phi) is 9.95. The van der Waals surface area contributed by atoms with E-state index in [-0.39, 0.29) is 35.5 Å². The molecule has 1 aromatic heterocycles. The van der Waals surface area contributed by atoms with Gasteiger partial charge >= 0.3 is 6.18 Å². The maximum Gasteiger partial charge on any atom is 0.434 e. The summed E-state index contributed by atoms with van der Waals surface area (Å²) in [7, 11) is 1.68. The van der Waals surface area contributed by atoms with Gasteiger partial charge < -0.3 is 15.4 Å². The summed E-state index contributed by atoms with van der Waals surface area (Å²) >= 11 is 1.03. The Bertz CT molecular complexity index is 631. The first-order valence-corrected chi connectivity index (χ1v) is 10.1. The zero-order valence-corrected chi connectivity index (χ0v) is 19.9. The third-order valence-electron chi connectivity index (χ3n) is 4.53. The van der Waals surface area contributed by atoms with Crippen LogP contribution in [0.15, 0.2) is 10.4 Å². The topological polar surface area (TPSA) is 58.5 Å². The van der Waals surface area contributed by atoms with Crippen molar-refractivity contribution in [2.45, 2.75) is 52.3 Å². The van der Waals surface area contributed by atoms with Crippen molar-refractivity contribution in [3.05, 3.63) is 16.1 Å². The highest BCUT2D eigenvalue weighted by atomic mass is 127. The average Bonchev–Trinajstić information content (AvgIpc) is 3.06. The molecule has 0 radical (unpaired) electrons. The molecule has 5 nitrogen and oxygen atoms in total. The molecule has 2 heterocycles. The number of aromatic nitrogens is 1. The van der Waals surface area contributed by atoms with Crippen molar-refractivity contribution < 1.29 is 17.9 Å². The molecule has 0 aromatic carbocycles. The first-order valence-electron chi connectivity index (χ1n) is 9.19. The molecule has 1 aromatic rings. The Morgan fingerprint density at radius 1 is 1.32 bits per heavy atom. The van der Waals surface area contributed by atoms with E-state index in [1.807, 2.05) is 0 Å². The number of aliphatic imine (C=N–C) groups is 1. The molecule has 10 heteroatoms. The van der Waals surface area contributed by atoms with Gasteiger partial charge in [0.25, 0.3) is 0 Å². The summed E-state index contributed by atoms with van der Waals surface area (Å²) < 4.78 is 43.8. The van der Waals surface area contributed by atoms with Gasteiger partial charge in [0.15, 0.2) is 11.7 Å². The highest BCUT2D eigenvalue weighted by molar-refractivity contribution is 14.0. The molecule has 0 spiro atoms. The number of nitrogens with zero attached hydrogens (tertiary/aromatic N) is 2. The van der Waals surface area contributed by atoms with Crippen LogP contribution in [-0.2, 0) is 17.3 Å². The maximum atomic E-state index is 12.6. The number of hydrogen-bond acceptors (Lipinski definition) is 4. The number of thiazole rings is 1. The lowest BCUT2D eigenvalue weighted by Gasteiger charge is -2.40. The fourth-order valence-electron chi connectivity index (χ4n) is 3.30. The van der Waals surface area contributed by atoms with Crippen molar-refractivity contribution in [1.82, 2.24) is 15.6 Å². The Morgan fingerprint density at radius 3 is 2.61 bits per heavy atom. The van der Waals surface area contributed by atoms with E-state index in [0.717, 1.165) is 42.7 Å². The summed E-state index contributed by atoms with van der Waals surface area (Å²) in [6, 6.07) is 0. The van der Waals surface area contributed by atoms with Gasteiger partial charge in [-0.1, -0.05) is 20.8 Å². The molecule has 162 valence electrons. The van der Waals surface area contributed by atoms with Crippen LogP contribution in [0.2, 0.25) is 0 Å². The minimum absolute atomic E-state index is 0. The fourth-order valence-corrected chi connectivity index (χ4v) is 4.11. The van der Waals surface area contributed by atoms with E-state index in [9.17, 15) is 13.2 Å². The number of ether oxygens (including phenoxy) is 1. The van der Waals surface area contributed by atoms with Crippen molar-refractivity contribution >= 4 is 41.3 Å². The van der Waals surface area contributed by atoms with E-state index in [4.69, 9.17) is 4.74 Å². The first kappa shape index (κ1) is 25.4. The summed E-state index contributed by atoms with van der Waals surface area (Å²) in [5.41, 5.74) is -0.749. The lowest BCUT2D eigenvalue weighted by molar-refractivity contribution is -0.140. The number of guanidine groups is 1. The number of halogens is 4. The number of hydrogen-bond donors (Lipinski definition) is 2. The van der Waals surface area contributed by atoms with Crippen LogP contribution >= 0.6 is 35.3 Å². The Morgan fingerprint density at radius 2 is 2.04 bits per heavy atom. The molecule has 2 rings (SSSR count). The number of rotatable bonds is 5. The summed E-state index contributed by atoms with van der Waals surface area (Å²) in [4.78, 5) is 7.83. The van der Waals surface area contributed by atoms with Crippen LogP contribution < -0.4 is 10.6 Å². The zero-order valence-electron chi connectivity index (χ0n) is 16.7. The third kappa shape index (κ3) is 7.66. The normalized spacial score (nSPS) is 21.2. The van der Waals surface area contributed by atoms with Crippen LogP contribution in [0.1, 0.15) is 44.3 Å². The predicted molar refractivity (Wildman–Crippen MR) is 118 cm³/mol. The highest BCUT2D eigenvalue weighted by Gasteiger charge is 2.35. The van der Waals surface area contributed by atoms with E-state index in [2.05, 4.69) is 41.4 Å². The lowest BCUT2D eigenvalue weighted by atomic mass is 9.78. The first-order chi connectivity index (χ1) is 12.6. The van der Waals surface area contributed by atoms with E-state index in [0.29, 0.717) is 29.9 Å². The van der Waals surface area contributed by atoms with Gasteiger partial charge in [0.2, 0.25) is 0 Å². The lowest BCUT2D eigenvalue weighted by Crippen LogP contribution is -2.47. The molecule has 28 heavy (non-hydrogen) atoms. The van der Waals surface area contributed by atoms with Crippen LogP contribution in [-0.4, -0.2) is 43.8 Å². The van der Waals surface area contributed by atoms with E-state index in [1.54, 1.807) is 7.05 Å². The van der Waals surface area contributed by atoms with Gasteiger partial charge in [0.1, 0.15) is 0 Å². The van der Waals surface area contributed by atoms with Gasteiger partial charge in [-0.2, -0.15) is 13.2 Å². The Balaban J connectivity index is 0.00000392. The molecule has 0 bridgehead atoms. The van der Waals surface area contributed by atoms with E-state index >= 15 is 0 Å². The fraction of sp³-hybridized carbons (Fsp3) is 0.778. The number of alkyl halides is 3. The second-order valence-electron chi connectivity index (χ2n) is 7.81. The van der Waals surface area contributed by atoms with Crippen LogP contribution in [0.4, 0.5) is 13.2 Å². The van der Waals surface area contributed by atoms with E-state index < -0.39 is 11.9 Å². The van der Waals surface area contributed by atoms with Crippen LogP contribution in [0, 0.1) is 11.3 Å². The highest BCUT2D eigenvalue weighted by Crippen LogP contribution is 2.33.